The average Bonchev–Trinajstić information content (AvgIpc) is 2.25. The Morgan fingerprint density at radius 2 is 2.22 bits per heavy atom. The van der Waals surface area contributed by atoms with Gasteiger partial charge in [-0.25, -0.2) is 4.99 Å². The van der Waals surface area contributed by atoms with Crippen molar-refractivity contribution in [3.63, 3.8) is 0 Å². The van der Waals surface area contributed by atoms with Crippen molar-refractivity contribution in [3.05, 3.63) is 18.2 Å². The monoisotopic (exact) mass is 284 g/mol. The smallest absolute Gasteiger partial charge is 0.301 e. The fraction of sp³-hybridized carbons (Fsp3) is 0.300. The Balaban J connectivity index is 1.83. The highest BCUT2D eigenvalue weighted by Gasteiger charge is 2.27. The van der Waals surface area contributed by atoms with E-state index in [0.717, 1.165) is 17.0 Å². The molecule has 2 heterocycles. The van der Waals surface area contributed by atoms with E-state index in [4.69, 9.17) is 0 Å². The molecule has 96 valence electrons. The Kier molecular flexibility index (Phi) is 2.92. The van der Waals surface area contributed by atoms with E-state index in [9.17, 15) is 8.42 Å². The number of aliphatic imine (C=N–C) groups is 1. The predicted molar refractivity (Wildman–Crippen MR) is 72.3 cm³/mol. The van der Waals surface area contributed by atoms with Gasteiger partial charge in [-0.1, -0.05) is 0 Å². The van der Waals surface area contributed by atoms with Gasteiger partial charge in [-0.15, -0.1) is 0 Å². The van der Waals surface area contributed by atoms with Crippen molar-refractivity contribution >= 4 is 39.9 Å². The minimum Gasteiger partial charge on any atom is -0.316 e. The van der Waals surface area contributed by atoms with E-state index < -0.39 is 10.2 Å². The van der Waals surface area contributed by atoms with Crippen LogP contribution in [0.4, 0.5) is 11.4 Å². The van der Waals surface area contributed by atoms with Crippen LogP contribution in [0.15, 0.2) is 28.1 Å². The lowest BCUT2D eigenvalue weighted by Gasteiger charge is -2.29. The Hall–Kier alpha value is -1.25. The molecule has 1 aromatic rings. The zero-order valence-electron chi connectivity index (χ0n) is 9.46. The highest BCUT2D eigenvalue weighted by atomic mass is 32.2. The summed E-state index contributed by atoms with van der Waals surface area (Å²) in [7, 11) is -3.39. The number of nitrogens with zero attached hydrogens (tertiary/aromatic N) is 2. The maximum atomic E-state index is 11.9. The third-order valence-corrected chi connectivity index (χ3v) is 5.10. The lowest BCUT2D eigenvalue weighted by Crippen LogP contribution is -2.45. The van der Waals surface area contributed by atoms with Crippen LogP contribution < -0.4 is 9.44 Å². The van der Waals surface area contributed by atoms with Gasteiger partial charge in [0.15, 0.2) is 0 Å². The SMILES string of the molecule is O=S(=O)(Nc1ccc2c(c1)SNC=N2)N1CCC1. The maximum Gasteiger partial charge on any atom is 0.301 e. The third-order valence-electron chi connectivity index (χ3n) is 2.79. The molecule has 0 aromatic heterocycles. The number of benzene rings is 1. The molecule has 0 saturated carbocycles. The lowest BCUT2D eigenvalue weighted by atomic mass is 10.3. The number of anilines is 1. The van der Waals surface area contributed by atoms with E-state index in [1.807, 2.05) is 0 Å². The summed E-state index contributed by atoms with van der Waals surface area (Å²) >= 11 is 1.41. The van der Waals surface area contributed by atoms with Crippen LogP contribution in [0.3, 0.4) is 0 Å². The molecule has 0 bridgehead atoms. The minimum absolute atomic E-state index is 0.562. The van der Waals surface area contributed by atoms with Crippen molar-refractivity contribution in [3.8, 4) is 0 Å². The number of rotatable bonds is 3. The second-order valence-electron chi connectivity index (χ2n) is 4.02. The Morgan fingerprint density at radius 3 is 2.94 bits per heavy atom. The van der Waals surface area contributed by atoms with Gasteiger partial charge in [0.25, 0.3) is 0 Å². The standard InChI is InChI=1S/C10H12N4O2S2/c15-18(16,14-4-1-5-14)13-8-2-3-9-10(6-8)17-12-7-11-9/h2-3,6-7,13H,1,4-5H2,(H,11,12). The van der Waals surface area contributed by atoms with Gasteiger partial charge in [0.2, 0.25) is 0 Å². The zero-order valence-corrected chi connectivity index (χ0v) is 11.1. The first-order valence-corrected chi connectivity index (χ1v) is 7.78. The first-order valence-electron chi connectivity index (χ1n) is 5.52. The van der Waals surface area contributed by atoms with Crippen molar-refractivity contribution in [2.24, 2.45) is 4.99 Å². The van der Waals surface area contributed by atoms with Crippen LogP contribution >= 0.6 is 11.9 Å². The Morgan fingerprint density at radius 1 is 1.39 bits per heavy atom. The molecule has 0 aliphatic carbocycles. The fourth-order valence-electron chi connectivity index (χ4n) is 1.69. The van der Waals surface area contributed by atoms with Gasteiger partial charge in [0, 0.05) is 13.1 Å². The molecule has 2 aliphatic rings. The molecule has 8 heteroatoms. The quantitative estimate of drug-likeness (QED) is 0.821. The summed E-state index contributed by atoms with van der Waals surface area (Å²) < 4.78 is 30.7. The summed E-state index contributed by atoms with van der Waals surface area (Å²) in [6, 6.07) is 5.30. The van der Waals surface area contributed by atoms with Gasteiger partial charge in [-0.3, -0.25) is 4.72 Å². The van der Waals surface area contributed by atoms with Crippen molar-refractivity contribution in [2.45, 2.75) is 11.3 Å². The molecule has 0 atom stereocenters. The molecule has 2 aliphatic heterocycles. The molecule has 6 nitrogen and oxygen atoms in total. The normalized spacial score (nSPS) is 18.7. The van der Waals surface area contributed by atoms with Crippen molar-refractivity contribution in [2.75, 3.05) is 17.8 Å². The van der Waals surface area contributed by atoms with Crippen LogP contribution in [0.1, 0.15) is 6.42 Å². The van der Waals surface area contributed by atoms with Crippen LogP contribution in [0.25, 0.3) is 0 Å². The summed E-state index contributed by atoms with van der Waals surface area (Å²) in [5.41, 5.74) is 1.40. The van der Waals surface area contributed by atoms with Crippen molar-refractivity contribution in [1.29, 1.82) is 0 Å². The summed E-state index contributed by atoms with van der Waals surface area (Å²) in [4.78, 5) is 5.05. The van der Waals surface area contributed by atoms with Gasteiger partial charge in [0.1, 0.15) is 0 Å². The largest absolute Gasteiger partial charge is 0.316 e. The van der Waals surface area contributed by atoms with E-state index in [0.29, 0.717) is 18.8 Å². The molecular weight excluding hydrogens is 272 g/mol. The van der Waals surface area contributed by atoms with Gasteiger partial charge in [0.05, 0.1) is 22.6 Å². The summed E-state index contributed by atoms with van der Waals surface area (Å²) in [5, 5.41) is 0. The molecular formula is C10H12N4O2S2. The van der Waals surface area contributed by atoms with E-state index in [2.05, 4.69) is 14.4 Å². The van der Waals surface area contributed by atoms with Crippen molar-refractivity contribution in [1.82, 2.24) is 9.03 Å². The highest BCUT2D eigenvalue weighted by Crippen LogP contribution is 2.32. The van der Waals surface area contributed by atoms with E-state index in [-0.39, 0.29) is 0 Å². The lowest BCUT2D eigenvalue weighted by molar-refractivity contribution is 0.311. The molecule has 1 aromatic carbocycles. The fourth-order valence-corrected chi connectivity index (χ4v) is 3.63. The van der Waals surface area contributed by atoms with Crippen LogP contribution in [0.2, 0.25) is 0 Å². The molecule has 1 saturated heterocycles. The van der Waals surface area contributed by atoms with Crippen LogP contribution in [0, 0.1) is 0 Å². The average molecular weight is 284 g/mol. The van der Waals surface area contributed by atoms with Crippen LogP contribution in [-0.2, 0) is 10.2 Å². The molecule has 3 rings (SSSR count). The van der Waals surface area contributed by atoms with Crippen LogP contribution in [-0.4, -0.2) is 32.2 Å². The third kappa shape index (κ3) is 2.18. The summed E-state index contributed by atoms with van der Waals surface area (Å²) in [6.07, 6.45) is 2.54. The zero-order chi connectivity index (χ0) is 12.6. The van der Waals surface area contributed by atoms with Gasteiger partial charge < -0.3 is 4.72 Å². The summed E-state index contributed by atoms with van der Waals surface area (Å²) in [6.45, 7) is 1.20. The number of nitrogens with one attached hydrogen (secondary N) is 2. The van der Waals surface area contributed by atoms with E-state index in [1.165, 1.54) is 16.3 Å². The molecule has 1 fully saturated rings. The molecule has 0 radical (unpaired) electrons. The number of fused-ring (bicyclic) bond motifs is 1. The Labute approximate surface area is 110 Å². The predicted octanol–water partition coefficient (Wildman–Crippen LogP) is 1.32. The topological polar surface area (TPSA) is 73.8 Å². The van der Waals surface area contributed by atoms with Gasteiger partial charge >= 0.3 is 10.2 Å². The second-order valence-corrected chi connectivity index (χ2v) is 6.57. The molecule has 0 spiro atoms. The molecule has 18 heavy (non-hydrogen) atoms. The van der Waals surface area contributed by atoms with Gasteiger partial charge in [-0.05, 0) is 36.6 Å². The number of hydrogen-bond acceptors (Lipinski definition) is 5. The van der Waals surface area contributed by atoms with Gasteiger partial charge in [-0.2, -0.15) is 12.7 Å². The van der Waals surface area contributed by atoms with E-state index in [1.54, 1.807) is 24.5 Å². The van der Waals surface area contributed by atoms with Crippen LogP contribution in [0.5, 0.6) is 0 Å². The first kappa shape index (κ1) is 11.8. The molecule has 2 N–H and O–H groups in total. The van der Waals surface area contributed by atoms with E-state index >= 15 is 0 Å². The highest BCUT2D eigenvalue weighted by molar-refractivity contribution is 7.98. The maximum absolute atomic E-state index is 11.9. The molecule has 0 amide bonds. The minimum atomic E-state index is -3.39. The second kappa shape index (κ2) is 4.45. The first-order chi connectivity index (χ1) is 8.65. The Bertz CT molecular complexity index is 596. The van der Waals surface area contributed by atoms with Crippen molar-refractivity contribution < 1.29 is 8.42 Å². The molecule has 0 unspecified atom stereocenters. The summed E-state index contributed by atoms with van der Waals surface area (Å²) in [5.74, 6) is 0. The number of hydrogen-bond donors (Lipinski definition) is 2.